The minimum absolute atomic E-state index is 0.0409. The Balaban J connectivity index is 1.53. The monoisotopic (exact) mass is 451 g/mol. The molecule has 0 bridgehead atoms. The second kappa shape index (κ2) is 8.51. The van der Waals surface area contributed by atoms with Crippen molar-refractivity contribution >= 4 is 17.2 Å². The van der Waals surface area contributed by atoms with E-state index in [1.807, 2.05) is 91.0 Å². The molecule has 0 aliphatic heterocycles. The van der Waals surface area contributed by atoms with Gasteiger partial charge in [-0.3, -0.25) is 14.5 Å². The Labute approximate surface area is 197 Å². The molecule has 0 saturated heterocycles. The molecule has 0 spiro atoms. The van der Waals surface area contributed by atoms with Gasteiger partial charge in [0.05, 0.1) is 23.1 Å². The van der Waals surface area contributed by atoms with Crippen LogP contribution in [0.3, 0.4) is 0 Å². The summed E-state index contributed by atoms with van der Waals surface area (Å²) in [4.78, 5) is 21.8. The van der Waals surface area contributed by atoms with Crippen molar-refractivity contribution in [2.24, 2.45) is 0 Å². The number of imidazole rings is 1. The number of benzene rings is 2. The summed E-state index contributed by atoms with van der Waals surface area (Å²) in [6.07, 6.45) is 7.33. The van der Waals surface area contributed by atoms with Gasteiger partial charge in [-0.05, 0) is 60.4 Å². The minimum Gasteiger partial charge on any atom is -0.507 e. The van der Waals surface area contributed by atoms with E-state index in [0.717, 1.165) is 33.7 Å². The van der Waals surface area contributed by atoms with Crippen LogP contribution < -0.4 is 5.32 Å². The summed E-state index contributed by atoms with van der Waals surface area (Å²) in [5.41, 5.74) is 6.49. The average Bonchev–Trinajstić information content (AvgIpc) is 3.43. The molecule has 34 heavy (non-hydrogen) atoms. The molecule has 7 nitrogen and oxygen atoms in total. The van der Waals surface area contributed by atoms with Crippen LogP contribution in [0.4, 0.5) is 5.69 Å². The molecule has 5 aromatic rings. The topological polar surface area (TPSA) is 84.5 Å². The maximum atomic E-state index is 13.0. The first-order valence-corrected chi connectivity index (χ1v) is 11.1. The number of carbonyl (C=O) groups is 1. The zero-order chi connectivity index (χ0) is 23.8. The predicted molar refractivity (Wildman–Crippen MR) is 133 cm³/mol. The highest BCUT2D eigenvalue weighted by Gasteiger charge is 2.16. The number of aromatic hydroxyl groups is 1. The van der Waals surface area contributed by atoms with Gasteiger partial charge in [-0.15, -0.1) is 0 Å². The van der Waals surface area contributed by atoms with Crippen LogP contribution in [-0.2, 0) is 0 Å². The van der Waals surface area contributed by atoms with Gasteiger partial charge in [0.25, 0.3) is 5.91 Å². The second-order valence-electron chi connectivity index (χ2n) is 8.60. The van der Waals surface area contributed by atoms with Gasteiger partial charge in [-0.2, -0.15) is 0 Å². The predicted octanol–water partition coefficient (Wildman–Crippen LogP) is 5.58. The van der Waals surface area contributed by atoms with Gasteiger partial charge in [0, 0.05) is 35.9 Å². The zero-order valence-corrected chi connectivity index (χ0v) is 19.2. The summed E-state index contributed by atoms with van der Waals surface area (Å²) in [5, 5.41) is 13.2. The number of carbonyl (C=O) groups excluding carboxylic acids is 1. The van der Waals surface area contributed by atoms with Crippen LogP contribution in [0.1, 0.15) is 41.3 Å². The summed E-state index contributed by atoms with van der Waals surface area (Å²) >= 11 is 0. The number of aromatic nitrogens is 4. The highest BCUT2D eigenvalue weighted by atomic mass is 16.3. The van der Waals surface area contributed by atoms with Gasteiger partial charge < -0.3 is 10.4 Å². The Morgan fingerprint density at radius 1 is 1.06 bits per heavy atom. The zero-order valence-electron chi connectivity index (χ0n) is 19.2. The summed E-state index contributed by atoms with van der Waals surface area (Å²) in [6.45, 7) is 6.12. The minimum atomic E-state index is -0.355. The Morgan fingerprint density at radius 2 is 1.91 bits per heavy atom. The molecule has 1 amide bonds. The molecule has 0 radical (unpaired) electrons. The number of nitrogens with zero attached hydrogens (tertiary/aromatic N) is 4. The van der Waals surface area contributed by atoms with Crippen molar-refractivity contribution in [3.05, 3.63) is 96.1 Å². The first-order valence-electron chi connectivity index (χ1n) is 11.1. The molecule has 0 fully saturated rings. The Bertz CT molecular complexity index is 1500. The van der Waals surface area contributed by atoms with Gasteiger partial charge in [0.1, 0.15) is 5.75 Å². The normalized spacial score (nSPS) is 11.3. The molecule has 3 heterocycles. The highest BCUT2D eigenvalue weighted by molar-refractivity contribution is 6.06. The Kier molecular flexibility index (Phi) is 5.37. The molecule has 2 aromatic carbocycles. The fourth-order valence-electron chi connectivity index (χ4n) is 4.03. The van der Waals surface area contributed by atoms with Gasteiger partial charge in [0.2, 0.25) is 0 Å². The van der Waals surface area contributed by atoms with Gasteiger partial charge in [0.15, 0.2) is 5.65 Å². The molecule has 7 heteroatoms. The van der Waals surface area contributed by atoms with E-state index in [9.17, 15) is 9.90 Å². The molecular weight excluding hydrogens is 426 g/mol. The van der Waals surface area contributed by atoms with Crippen molar-refractivity contribution in [2.45, 2.75) is 26.7 Å². The molecule has 0 unspecified atom stereocenters. The van der Waals surface area contributed by atoms with Crippen LogP contribution >= 0.6 is 0 Å². The average molecular weight is 452 g/mol. The molecule has 3 aromatic heterocycles. The summed E-state index contributed by atoms with van der Waals surface area (Å²) in [6, 6.07) is 16.7. The van der Waals surface area contributed by atoms with Crippen LogP contribution in [0.2, 0.25) is 0 Å². The van der Waals surface area contributed by atoms with E-state index < -0.39 is 0 Å². The maximum Gasteiger partial charge on any atom is 0.259 e. The number of amides is 1. The third-order valence-corrected chi connectivity index (χ3v) is 5.95. The third-order valence-electron chi connectivity index (χ3n) is 5.95. The molecule has 0 aliphatic carbocycles. The second-order valence-corrected chi connectivity index (χ2v) is 8.60. The lowest BCUT2D eigenvalue weighted by molar-refractivity contribution is 0.102. The lowest BCUT2D eigenvalue weighted by atomic mass is 10.00. The molecule has 0 saturated carbocycles. The van der Waals surface area contributed by atoms with Crippen LogP contribution in [0.5, 0.6) is 5.75 Å². The van der Waals surface area contributed by atoms with Crippen molar-refractivity contribution in [3.8, 4) is 22.7 Å². The van der Waals surface area contributed by atoms with Crippen LogP contribution in [0.25, 0.3) is 22.6 Å². The molecule has 5 rings (SSSR count). The number of nitrogens with one attached hydrogen (secondary N) is 1. The molecule has 2 N–H and O–H groups in total. The van der Waals surface area contributed by atoms with Crippen molar-refractivity contribution in [1.29, 1.82) is 0 Å². The van der Waals surface area contributed by atoms with Crippen molar-refractivity contribution in [1.82, 2.24) is 19.2 Å². The number of anilines is 1. The van der Waals surface area contributed by atoms with Crippen molar-refractivity contribution in [3.63, 3.8) is 0 Å². The standard InChI is InChI=1S/C27H25N5O2/c1-17(2)19-7-9-25(33)22(13-19)27(34)30-21-8-6-18(3)23(14-21)31-12-10-26-29-16-24(32(26)31)20-5-4-11-28-15-20/h4-17,33H,1-3H3,(H,30,34). The maximum absolute atomic E-state index is 13.0. The summed E-state index contributed by atoms with van der Waals surface area (Å²) < 4.78 is 4.02. The fourth-order valence-corrected chi connectivity index (χ4v) is 4.03. The lowest BCUT2D eigenvalue weighted by Gasteiger charge is -2.15. The highest BCUT2D eigenvalue weighted by Crippen LogP contribution is 2.27. The van der Waals surface area contributed by atoms with Crippen LogP contribution in [0.15, 0.2) is 79.4 Å². The SMILES string of the molecule is Cc1ccc(NC(=O)c2cc(C(C)C)ccc2O)cc1-n1ccc2ncc(-c3cccnc3)n21. The van der Waals surface area contributed by atoms with Gasteiger partial charge in [-0.1, -0.05) is 26.0 Å². The van der Waals surface area contributed by atoms with E-state index in [1.165, 1.54) is 0 Å². The summed E-state index contributed by atoms with van der Waals surface area (Å²) in [7, 11) is 0. The Hall–Kier alpha value is -4.39. The van der Waals surface area contributed by atoms with Crippen LogP contribution in [0, 0.1) is 6.92 Å². The number of fused-ring (bicyclic) bond motifs is 1. The van der Waals surface area contributed by atoms with Gasteiger partial charge in [-0.25, -0.2) is 9.50 Å². The lowest BCUT2D eigenvalue weighted by Crippen LogP contribution is -2.13. The van der Waals surface area contributed by atoms with E-state index in [2.05, 4.69) is 15.3 Å². The summed E-state index contributed by atoms with van der Waals surface area (Å²) in [5.74, 6) is -0.148. The number of phenols is 1. The van der Waals surface area contributed by atoms with E-state index in [1.54, 1.807) is 18.3 Å². The first-order chi connectivity index (χ1) is 16.4. The number of hydrogen-bond acceptors (Lipinski definition) is 4. The van der Waals surface area contributed by atoms with Crippen LogP contribution in [-0.4, -0.2) is 30.2 Å². The largest absolute Gasteiger partial charge is 0.507 e. The van der Waals surface area contributed by atoms with E-state index >= 15 is 0 Å². The number of hydrogen-bond donors (Lipinski definition) is 2. The molecular formula is C27H25N5O2. The molecule has 0 aliphatic rings. The van der Waals surface area contributed by atoms with E-state index in [-0.39, 0.29) is 23.1 Å². The number of aryl methyl sites for hydroxylation is 1. The van der Waals surface area contributed by atoms with E-state index in [4.69, 9.17) is 0 Å². The Morgan fingerprint density at radius 3 is 2.68 bits per heavy atom. The third kappa shape index (κ3) is 3.81. The number of pyridine rings is 1. The number of rotatable bonds is 5. The molecule has 170 valence electrons. The van der Waals surface area contributed by atoms with E-state index in [0.29, 0.717) is 5.69 Å². The number of phenolic OH excluding ortho intramolecular Hbond substituents is 1. The van der Waals surface area contributed by atoms with Crippen molar-refractivity contribution < 1.29 is 9.90 Å². The smallest absolute Gasteiger partial charge is 0.259 e. The fraction of sp³-hybridized carbons (Fsp3) is 0.148. The first kappa shape index (κ1) is 21.5. The quantitative estimate of drug-likeness (QED) is 0.366. The van der Waals surface area contributed by atoms with Gasteiger partial charge >= 0.3 is 0 Å². The molecule has 0 atom stereocenters. The van der Waals surface area contributed by atoms with Crippen molar-refractivity contribution in [2.75, 3.05) is 5.32 Å².